The molecular weight excluding hydrogens is 330 g/mol. The second-order valence-corrected chi connectivity index (χ2v) is 6.16. The molecule has 136 valence electrons. The third kappa shape index (κ3) is 4.53. The molecule has 0 atom stereocenters. The number of carbonyl (C=O) groups excluding carboxylic acids is 2. The van der Waals surface area contributed by atoms with Crippen molar-refractivity contribution in [3.05, 3.63) is 54.6 Å². The molecule has 2 amide bonds. The van der Waals surface area contributed by atoms with Crippen molar-refractivity contribution in [2.45, 2.75) is 6.42 Å². The SMILES string of the molecule is COc1cccc(NC(=O)CC(=O)N2CCN(c3ccccc3)CC2)c1. The van der Waals surface area contributed by atoms with Gasteiger partial charge in [-0.2, -0.15) is 0 Å². The van der Waals surface area contributed by atoms with E-state index in [9.17, 15) is 9.59 Å². The van der Waals surface area contributed by atoms with Crippen molar-refractivity contribution in [1.82, 2.24) is 4.90 Å². The first-order valence-electron chi connectivity index (χ1n) is 8.67. The van der Waals surface area contributed by atoms with Gasteiger partial charge in [0.25, 0.3) is 0 Å². The van der Waals surface area contributed by atoms with Crippen LogP contribution in [0.3, 0.4) is 0 Å². The number of methoxy groups -OCH3 is 1. The number of hydrogen-bond acceptors (Lipinski definition) is 4. The normalized spacial score (nSPS) is 14.0. The smallest absolute Gasteiger partial charge is 0.233 e. The van der Waals surface area contributed by atoms with Crippen LogP contribution >= 0.6 is 0 Å². The molecule has 2 aromatic carbocycles. The maximum atomic E-state index is 12.4. The van der Waals surface area contributed by atoms with Gasteiger partial charge in [0.05, 0.1) is 7.11 Å². The molecule has 6 nitrogen and oxygen atoms in total. The van der Waals surface area contributed by atoms with Gasteiger partial charge >= 0.3 is 0 Å². The summed E-state index contributed by atoms with van der Waals surface area (Å²) in [5.41, 5.74) is 1.78. The molecule has 0 spiro atoms. The highest BCUT2D eigenvalue weighted by Crippen LogP contribution is 2.18. The van der Waals surface area contributed by atoms with Crippen molar-refractivity contribution in [1.29, 1.82) is 0 Å². The second kappa shape index (κ2) is 8.38. The van der Waals surface area contributed by atoms with Crippen molar-refractivity contribution in [2.75, 3.05) is 43.5 Å². The van der Waals surface area contributed by atoms with Crippen LogP contribution in [0, 0.1) is 0 Å². The summed E-state index contributed by atoms with van der Waals surface area (Å²) in [4.78, 5) is 28.5. The number of nitrogens with one attached hydrogen (secondary N) is 1. The molecule has 1 aliphatic rings. The number of para-hydroxylation sites is 1. The summed E-state index contributed by atoms with van der Waals surface area (Å²) >= 11 is 0. The van der Waals surface area contributed by atoms with E-state index in [0.29, 0.717) is 24.5 Å². The van der Waals surface area contributed by atoms with Gasteiger partial charge in [-0.1, -0.05) is 24.3 Å². The predicted octanol–water partition coefficient (Wildman–Crippen LogP) is 2.37. The highest BCUT2D eigenvalue weighted by molar-refractivity contribution is 6.03. The van der Waals surface area contributed by atoms with Crippen LogP contribution < -0.4 is 15.0 Å². The third-order valence-electron chi connectivity index (χ3n) is 4.42. The van der Waals surface area contributed by atoms with Gasteiger partial charge in [-0.3, -0.25) is 9.59 Å². The lowest BCUT2D eigenvalue weighted by atomic mass is 10.2. The van der Waals surface area contributed by atoms with E-state index >= 15 is 0 Å². The number of benzene rings is 2. The average Bonchev–Trinajstić information content (AvgIpc) is 2.69. The Morgan fingerprint density at radius 2 is 1.73 bits per heavy atom. The summed E-state index contributed by atoms with van der Waals surface area (Å²) in [6.45, 7) is 2.79. The zero-order valence-electron chi connectivity index (χ0n) is 14.9. The first kappa shape index (κ1) is 17.8. The molecule has 0 unspecified atom stereocenters. The van der Waals surface area contributed by atoms with Crippen LogP contribution in [0.25, 0.3) is 0 Å². The van der Waals surface area contributed by atoms with E-state index in [1.54, 1.807) is 36.3 Å². The molecular formula is C20H23N3O3. The molecule has 1 heterocycles. The van der Waals surface area contributed by atoms with Crippen molar-refractivity contribution in [3.63, 3.8) is 0 Å². The zero-order valence-corrected chi connectivity index (χ0v) is 14.9. The first-order chi connectivity index (χ1) is 12.7. The number of piperazine rings is 1. The van der Waals surface area contributed by atoms with Crippen molar-refractivity contribution in [2.24, 2.45) is 0 Å². The van der Waals surface area contributed by atoms with E-state index in [2.05, 4.69) is 22.3 Å². The molecule has 0 aromatic heterocycles. The molecule has 2 aromatic rings. The van der Waals surface area contributed by atoms with Crippen LogP contribution in [-0.4, -0.2) is 50.0 Å². The molecule has 1 N–H and O–H groups in total. The predicted molar refractivity (Wildman–Crippen MR) is 101 cm³/mol. The van der Waals surface area contributed by atoms with E-state index in [1.807, 2.05) is 18.2 Å². The monoisotopic (exact) mass is 353 g/mol. The van der Waals surface area contributed by atoms with E-state index in [0.717, 1.165) is 18.8 Å². The molecule has 1 fully saturated rings. The van der Waals surface area contributed by atoms with Crippen molar-refractivity contribution in [3.8, 4) is 5.75 Å². The van der Waals surface area contributed by atoms with E-state index in [1.165, 1.54) is 0 Å². The molecule has 1 saturated heterocycles. The number of hydrogen-bond donors (Lipinski definition) is 1. The molecule has 3 rings (SSSR count). The van der Waals surface area contributed by atoms with Gasteiger partial charge in [-0.25, -0.2) is 0 Å². The molecule has 1 aliphatic heterocycles. The minimum absolute atomic E-state index is 0.141. The summed E-state index contributed by atoms with van der Waals surface area (Å²) < 4.78 is 5.13. The largest absolute Gasteiger partial charge is 0.497 e. The van der Waals surface area contributed by atoms with Gasteiger partial charge in [-0.05, 0) is 24.3 Å². The first-order valence-corrected chi connectivity index (χ1v) is 8.67. The Balaban J connectivity index is 1.48. The minimum Gasteiger partial charge on any atom is -0.497 e. The van der Waals surface area contributed by atoms with Gasteiger partial charge < -0.3 is 19.9 Å². The number of amides is 2. The van der Waals surface area contributed by atoms with Crippen LogP contribution in [0.4, 0.5) is 11.4 Å². The Bertz CT molecular complexity index is 756. The topological polar surface area (TPSA) is 61.9 Å². The maximum absolute atomic E-state index is 12.4. The fourth-order valence-electron chi connectivity index (χ4n) is 3.01. The van der Waals surface area contributed by atoms with Crippen LogP contribution in [0.2, 0.25) is 0 Å². The van der Waals surface area contributed by atoms with Gasteiger partial charge in [0.1, 0.15) is 12.2 Å². The van der Waals surface area contributed by atoms with Crippen LogP contribution in [-0.2, 0) is 9.59 Å². The highest BCUT2D eigenvalue weighted by atomic mass is 16.5. The van der Waals surface area contributed by atoms with E-state index in [-0.39, 0.29) is 18.2 Å². The van der Waals surface area contributed by atoms with E-state index in [4.69, 9.17) is 4.74 Å². The Kier molecular flexibility index (Phi) is 5.73. The number of anilines is 2. The average molecular weight is 353 g/mol. The number of ether oxygens (including phenoxy) is 1. The maximum Gasteiger partial charge on any atom is 0.233 e. The number of rotatable bonds is 5. The van der Waals surface area contributed by atoms with Gasteiger partial charge in [-0.15, -0.1) is 0 Å². The van der Waals surface area contributed by atoms with Crippen LogP contribution in [0.1, 0.15) is 6.42 Å². The molecule has 6 heteroatoms. The van der Waals surface area contributed by atoms with Crippen molar-refractivity contribution >= 4 is 23.2 Å². The highest BCUT2D eigenvalue weighted by Gasteiger charge is 2.23. The fraction of sp³-hybridized carbons (Fsp3) is 0.300. The Morgan fingerprint density at radius 1 is 1.00 bits per heavy atom. The summed E-state index contributed by atoms with van der Waals surface area (Å²) in [5, 5.41) is 2.74. The summed E-state index contributed by atoms with van der Waals surface area (Å²) in [7, 11) is 1.57. The molecule has 0 saturated carbocycles. The third-order valence-corrected chi connectivity index (χ3v) is 4.42. The summed E-state index contributed by atoms with van der Waals surface area (Å²) in [6, 6.07) is 17.2. The van der Waals surface area contributed by atoms with Crippen LogP contribution in [0.5, 0.6) is 5.75 Å². The second-order valence-electron chi connectivity index (χ2n) is 6.16. The number of nitrogens with zero attached hydrogens (tertiary/aromatic N) is 2. The van der Waals surface area contributed by atoms with Gasteiger partial charge in [0.15, 0.2) is 0 Å². The molecule has 26 heavy (non-hydrogen) atoms. The molecule has 0 bridgehead atoms. The minimum atomic E-state index is -0.311. The van der Waals surface area contributed by atoms with Gasteiger partial charge in [0, 0.05) is 43.6 Å². The Morgan fingerprint density at radius 3 is 2.42 bits per heavy atom. The van der Waals surface area contributed by atoms with Crippen LogP contribution in [0.15, 0.2) is 54.6 Å². The lowest BCUT2D eigenvalue weighted by molar-refractivity contribution is -0.134. The van der Waals surface area contributed by atoms with E-state index < -0.39 is 0 Å². The summed E-state index contributed by atoms with van der Waals surface area (Å²) in [6.07, 6.45) is -0.150. The fourth-order valence-corrected chi connectivity index (χ4v) is 3.01. The lowest BCUT2D eigenvalue weighted by Gasteiger charge is -2.36. The summed E-state index contributed by atoms with van der Waals surface area (Å²) in [5.74, 6) is 0.206. The molecule has 0 radical (unpaired) electrons. The van der Waals surface area contributed by atoms with Gasteiger partial charge in [0.2, 0.25) is 11.8 Å². The zero-order chi connectivity index (χ0) is 18.4. The van der Waals surface area contributed by atoms with Crippen molar-refractivity contribution < 1.29 is 14.3 Å². The Labute approximate surface area is 153 Å². The molecule has 0 aliphatic carbocycles. The standard InChI is InChI=1S/C20H23N3O3/c1-26-18-9-5-6-16(14-18)21-19(24)15-20(25)23-12-10-22(11-13-23)17-7-3-2-4-8-17/h2-9,14H,10-13,15H2,1H3,(H,21,24). The Hall–Kier alpha value is -3.02. The quantitative estimate of drug-likeness (QED) is 0.839. The lowest BCUT2D eigenvalue weighted by Crippen LogP contribution is -2.49. The number of carbonyl (C=O) groups is 2.